The minimum absolute atomic E-state index is 0.0860. The quantitative estimate of drug-likeness (QED) is 0.514. The zero-order chi connectivity index (χ0) is 23.4. The third-order valence-corrected chi connectivity index (χ3v) is 4.73. The number of nitrogens with one attached hydrogen (secondary N) is 3. The Morgan fingerprint density at radius 2 is 1.78 bits per heavy atom. The first-order valence-electron chi connectivity index (χ1n) is 10.5. The van der Waals surface area contributed by atoms with Crippen molar-refractivity contribution < 1.29 is 9.53 Å². The van der Waals surface area contributed by atoms with E-state index in [1.165, 1.54) is 0 Å². The average molecular weight is 438 g/mol. The predicted octanol–water partition coefficient (Wildman–Crippen LogP) is 3.52. The molecule has 32 heavy (non-hydrogen) atoms. The Kier molecular flexibility index (Phi) is 6.88. The summed E-state index contributed by atoms with van der Waals surface area (Å²) in [6.45, 7) is 10.6. The summed E-state index contributed by atoms with van der Waals surface area (Å²) in [5, 5.41) is 10.1. The smallest absolute Gasteiger partial charge is 0.407 e. The average Bonchev–Trinajstić information content (AvgIpc) is 2.75. The fourth-order valence-corrected chi connectivity index (χ4v) is 2.75. The molecule has 0 unspecified atom stereocenters. The molecule has 0 aliphatic carbocycles. The molecule has 0 atom stereocenters. The molecular weight excluding hydrogens is 406 g/mol. The van der Waals surface area contributed by atoms with E-state index in [1.54, 1.807) is 12.4 Å². The number of nitrogens with zero attached hydrogens (tertiary/aromatic N) is 4. The Morgan fingerprint density at radius 3 is 2.50 bits per heavy atom. The number of fused-ring (bicyclic) bond motifs is 1. The first-order valence-corrected chi connectivity index (χ1v) is 10.5. The molecule has 0 spiro atoms. The second-order valence-corrected chi connectivity index (χ2v) is 9.17. The summed E-state index contributed by atoms with van der Waals surface area (Å²) in [5.74, 6) is 0.546. The van der Waals surface area contributed by atoms with Gasteiger partial charge in [0.25, 0.3) is 0 Å². The van der Waals surface area contributed by atoms with E-state index in [2.05, 4.69) is 44.7 Å². The lowest BCUT2D eigenvalue weighted by Gasteiger charge is -2.24. The van der Waals surface area contributed by atoms with Crippen LogP contribution in [0.4, 0.5) is 10.7 Å². The number of hydrogen-bond donors (Lipinski definition) is 3. The van der Waals surface area contributed by atoms with Crippen LogP contribution in [0.5, 0.6) is 0 Å². The first-order chi connectivity index (χ1) is 15.0. The summed E-state index contributed by atoms with van der Waals surface area (Å²) >= 11 is 0. The van der Waals surface area contributed by atoms with Crippen LogP contribution in [-0.4, -0.2) is 50.8 Å². The lowest BCUT2D eigenvalue weighted by atomic mass is 10.1. The molecule has 3 aromatic rings. The number of carbonyl (C=O) groups is 1. The molecule has 0 saturated heterocycles. The van der Waals surface area contributed by atoms with Gasteiger partial charge in [-0.25, -0.2) is 19.7 Å². The van der Waals surface area contributed by atoms with Crippen LogP contribution in [0.1, 0.15) is 40.3 Å². The maximum absolute atomic E-state index is 11.9. The molecule has 0 aliphatic rings. The standard InChI is InChI=1S/C23H31N7O2/c1-22(2,3)32-21(31)27-13-16-11-19-15(12-26-16)7-8-17(29-19)18-9-10-25-20(30-18)28-14-23(4,5)24-6/h7-12,24H,13-14H2,1-6H3,(H,27,31)(H,25,28,30). The molecule has 3 N–H and O–H groups in total. The van der Waals surface area contributed by atoms with Crippen molar-refractivity contribution in [1.29, 1.82) is 0 Å². The van der Waals surface area contributed by atoms with Crippen LogP contribution in [0.25, 0.3) is 22.3 Å². The van der Waals surface area contributed by atoms with Crippen LogP contribution in [0, 0.1) is 0 Å². The number of pyridine rings is 2. The van der Waals surface area contributed by atoms with Gasteiger partial charge in [0.1, 0.15) is 5.60 Å². The molecule has 3 aromatic heterocycles. The third kappa shape index (κ3) is 6.58. The van der Waals surface area contributed by atoms with Crippen molar-refractivity contribution in [2.24, 2.45) is 0 Å². The van der Waals surface area contributed by atoms with Gasteiger partial charge in [0.05, 0.1) is 29.1 Å². The number of hydrogen-bond acceptors (Lipinski definition) is 8. The minimum Gasteiger partial charge on any atom is -0.444 e. The van der Waals surface area contributed by atoms with Gasteiger partial charge in [0, 0.05) is 29.9 Å². The number of amides is 1. The van der Waals surface area contributed by atoms with E-state index < -0.39 is 11.7 Å². The first kappa shape index (κ1) is 23.3. The summed E-state index contributed by atoms with van der Waals surface area (Å²) in [6, 6.07) is 7.54. The zero-order valence-corrected chi connectivity index (χ0v) is 19.5. The number of alkyl carbamates (subject to hydrolysis) is 1. The molecule has 3 heterocycles. The molecule has 0 saturated carbocycles. The van der Waals surface area contributed by atoms with Gasteiger partial charge in [0.15, 0.2) is 0 Å². The Bertz CT molecular complexity index is 1090. The van der Waals surface area contributed by atoms with Crippen LogP contribution >= 0.6 is 0 Å². The molecule has 0 radical (unpaired) electrons. The van der Waals surface area contributed by atoms with E-state index in [0.29, 0.717) is 18.2 Å². The van der Waals surface area contributed by atoms with Crippen LogP contribution in [0.3, 0.4) is 0 Å². The molecular formula is C23H31N7O2. The highest BCUT2D eigenvalue weighted by molar-refractivity contribution is 5.80. The fraction of sp³-hybridized carbons (Fsp3) is 0.435. The SMILES string of the molecule is CNC(C)(C)CNc1nccc(-c2ccc3cnc(CNC(=O)OC(C)(C)C)cc3n2)n1. The summed E-state index contributed by atoms with van der Waals surface area (Å²) in [4.78, 5) is 29.9. The van der Waals surface area contributed by atoms with E-state index in [-0.39, 0.29) is 12.1 Å². The molecule has 9 nitrogen and oxygen atoms in total. The highest BCUT2D eigenvalue weighted by Crippen LogP contribution is 2.20. The highest BCUT2D eigenvalue weighted by Gasteiger charge is 2.16. The molecule has 170 valence electrons. The summed E-state index contributed by atoms with van der Waals surface area (Å²) in [7, 11) is 1.92. The molecule has 0 aromatic carbocycles. The number of anilines is 1. The maximum atomic E-state index is 11.9. The number of ether oxygens (including phenoxy) is 1. The van der Waals surface area contributed by atoms with Gasteiger partial charge in [0.2, 0.25) is 5.95 Å². The Labute approximate surface area is 188 Å². The van der Waals surface area contributed by atoms with Crippen LogP contribution in [-0.2, 0) is 11.3 Å². The second kappa shape index (κ2) is 9.44. The normalized spacial score (nSPS) is 11.9. The largest absolute Gasteiger partial charge is 0.444 e. The van der Waals surface area contributed by atoms with Gasteiger partial charge >= 0.3 is 6.09 Å². The van der Waals surface area contributed by atoms with Crippen molar-refractivity contribution in [1.82, 2.24) is 30.6 Å². The van der Waals surface area contributed by atoms with Crippen LogP contribution in [0.15, 0.2) is 36.7 Å². The van der Waals surface area contributed by atoms with Crippen molar-refractivity contribution in [2.75, 3.05) is 18.9 Å². The van der Waals surface area contributed by atoms with Crippen LogP contribution < -0.4 is 16.0 Å². The van der Waals surface area contributed by atoms with E-state index in [1.807, 2.05) is 52.1 Å². The van der Waals surface area contributed by atoms with Gasteiger partial charge in [-0.3, -0.25) is 4.98 Å². The van der Waals surface area contributed by atoms with Crippen LogP contribution in [0.2, 0.25) is 0 Å². The summed E-state index contributed by atoms with van der Waals surface area (Å²) in [6.07, 6.45) is 2.97. The van der Waals surface area contributed by atoms with Gasteiger partial charge in [-0.1, -0.05) is 0 Å². The summed E-state index contributed by atoms with van der Waals surface area (Å²) < 4.78 is 5.27. The van der Waals surface area contributed by atoms with Crippen molar-refractivity contribution in [2.45, 2.75) is 52.3 Å². The number of likely N-dealkylation sites (N-methyl/N-ethyl adjacent to an activating group) is 1. The van der Waals surface area contributed by atoms with E-state index >= 15 is 0 Å². The number of rotatable bonds is 7. The summed E-state index contributed by atoms with van der Waals surface area (Å²) in [5.41, 5.74) is 2.27. The zero-order valence-electron chi connectivity index (χ0n) is 19.5. The van der Waals surface area contributed by atoms with Crippen molar-refractivity contribution in [3.8, 4) is 11.4 Å². The van der Waals surface area contributed by atoms with Gasteiger partial charge < -0.3 is 20.7 Å². The molecule has 0 fully saturated rings. The van der Waals surface area contributed by atoms with Gasteiger partial charge in [-0.05, 0) is 65.9 Å². The highest BCUT2D eigenvalue weighted by atomic mass is 16.6. The molecule has 3 rings (SSSR count). The van der Waals surface area contributed by atoms with E-state index in [4.69, 9.17) is 9.72 Å². The number of carbonyl (C=O) groups excluding carboxylic acids is 1. The van der Waals surface area contributed by atoms with E-state index in [9.17, 15) is 4.79 Å². The molecule has 1 amide bonds. The third-order valence-electron chi connectivity index (χ3n) is 4.73. The topological polar surface area (TPSA) is 114 Å². The monoisotopic (exact) mass is 437 g/mol. The maximum Gasteiger partial charge on any atom is 0.407 e. The van der Waals surface area contributed by atoms with Crippen molar-refractivity contribution in [3.05, 3.63) is 42.4 Å². The molecule has 9 heteroatoms. The van der Waals surface area contributed by atoms with Gasteiger partial charge in [-0.2, -0.15) is 0 Å². The Morgan fingerprint density at radius 1 is 1.03 bits per heavy atom. The second-order valence-electron chi connectivity index (χ2n) is 9.17. The molecule has 0 bridgehead atoms. The van der Waals surface area contributed by atoms with E-state index in [0.717, 1.165) is 22.3 Å². The van der Waals surface area contributed by atoms with Crippen molar-refractivity contribution >= 4 is 22.9 Å². The Hall–Kier alpha value is -3.33. The lowest BCUT2D eigenvalue weighted by molar-refractivity contribution is 0.0523. The van der Waals surface area contributed by atoms with Gasteiger partial charge in [-0.15, -0.1) is 0 Å². The predicted molar refractivity (Wildman–Crippen MR) is 125 cm³/mol. The minimum atomic E-state index is -0.550. The van der Waals surface area contributed by atoms with Crippen molar-refractivity contribution in [3.63, 3.8) is 0 Å². The lowest BCUT2D eigenvalue weighted by Crippen LogP contribution is -2.43. The molecule has 0 aliphatic heterocycles. The fourth-order valence-electron chi connectivity index (χ4n) is 2.75. The Balaban J connectivity index is 1.76. The number of aromatic nitrogens is 4.